The molecule has 0 aromatic carbocycles. The number of halogens is 3. The van der Waals surface area contributed by atoms with Crippen LogP contribution in [0.3, 0.4) is 0 Å². The molecule has 0 bridgehead atoms. The van der Waals surface area contributed by atoms with Gasteiger partial charge in [-0.05, 0) is 89.5 Å². The van der Waals surface area contributed by atoms with Crippen LogP contribution in [-0.2, 0) is 0 Å². The van der Waals surface area contributed by atoms with Gasteiger partial charge < -0.3 is 9.64 Å². The Labute approximate surface area is 270 Å². The number of ether oxygens (including phenoxy) is 1. The first kappa shape index (κ1) is 36.3. The topological polar surface area (TPSA) is 72.3 Å². The monoisotopic (exact) mass is 647 g/mol. The molecule has 1 amide bonds. The molecule has 45 heavy (non-hydrogen) atoms. The van der Waals surface area contributed by atoms with E-state index in [1.807, 2.05) is 26.8 Å². The molecule has 4 rings (SSSR count). The molecule has 1 saturated carbocycles. The van der Waals surface area contributed by atoms with Gasteiger partial charge in [-0.15, -0.1) is 5.10 Å². The van der Waals surface area contributed by atoms with E-state index in [4.69, 9.17) is 9.72 Å². The van der Waals surface area contributed by atoms with Gasteiger partial charge in [0.05, 0.1) is 17.6 Å². The molecule has 2 aliphatic rings. The highest BCUT2D eigenvalue weighted by Gasteiger charge is 2.62. The summed E-state index contributed by atoms with van der Waals surface area (Å²) >= 11 is 1.19. The van der Waals surface area contributed by atoms with Gasteiger partial charge in [0.15, 0.2) is 5.82 Å². The predicted octanol–water partition coefficient (Wildman–Crippen LogP) is 9.37. The number of hydrogen-bond acceptors (Lipinski definition) is 6. The minimum atomic E-state index is -4.21. The van der Waals surface area contributed by atoms with E-state index in [0.717, 1.165) is 49.0 Å². The van der Waals surface area contributed by atoms with Gasteiger partial charge in [0.25, 0.3) is 5.91 Å². The van der Waals surface area contributed by atoms with Gasteiger partial charge >= 0.3 is 6.18 Å². The Morgan fingerprint density at radius 2 is 1.82 bits per heavy atom. The lowest BCUT2D eigenvalue weighted by molar-refractivity contribution is -0.190. The zero-order valence-electron chi connectivity index (χ0n) is 27.3. The van der Waals surface area contributed by atoms with Crippen LogP contribution in [0.25, 0.3) is 5.82 Å². The summed E-state index contributed by atoms with van der Waals surface area (Å²) in [5, 5.41) is 4.41. The Bertz CT molecular complexity index is 1350. The number of pyridine rings is 1. The number of allylic oxidation sites excluding steroid dienone is 3. The van der Waals surface area contributed by atoms with Crippen molar-refractivity contribution in [3.8, 4) is 11.7 Å². The molecule has 0 saturated heterocycles. The van der Waals surface area contributed by atoms with Crippen LogP contribution in [0.15, 0.2) is 60.2 Å². The number of anilines is 1. The molecular formula is C34H48F3N5O2S. The Kier molecular flexibility index (Phi) is 12.8. The number of nitrogens with one attached hydrogen (secondary N) is 1. The number of fused-ring (bicyclic) bond motifs is 1. The van der Waals surface area contributed by atoms with Crippen molar-refractivity contribution < 1.29 is 22.7 Å². The van der Waals surface area contributed by atoms with Gasteiger partial charge in [-0.1, -0.05) is 57.9 Å². The maximum absolute atomic E-state index is 13.5. The first-order valence-electron chi connectivity index (χ1n) is 15.9. The normalized spacial score (nSPS) is 20.1. The lowest BCUT2D eigenvalue weighted by Crippen LogP contribution is -2.45. The van der Waals surface area contributed by atoms with E-state index in [1.165, 1.54) is 16.6 Å². The molecule has 248 valence electrons. The maximum atomic E-state index is 13.5. The Morgan fingerprint density at radius 3 is 2.47 bits per heavy atom. The Morgan fingerprint density at radius 1 is 1.11 bits per heavy atom. The number of nitrogens with zero attached hydrogens (tertiary/aromatic N) is 4. The highest BCUT2D eigenvalue weighted by molar-refractivity contribution is 8.01. The summed E-state index contributed by atoms with van der Waals surface area (Å²) < 4.78 is 49.9. The summed E-state index contributed by atoms with van der Waals surface area (Å²) in [6.07, 6.45) is 7.42. The van der Waals surface area contributed by atoms with Crippen molar-refractivity contribution in [2.24, 2.45) is 5.41 Å². The Hall–Kier alpha value is -3.21. The molecule has 0 unspecified atom stereocenters. The number of hydrogen-bond donors (Lipinski definition) is 1. The van der Waals surface area contributed by atoms with Crippen molar-refractivity contribution >= 4 is 23.7 Å². The standard InChI is InChI=1S/C32H42F3N5O2S.C2H6/c1-6-24-22-23(3)12-10-8-9-11-16-30(4,5)39(7-2)28-25(29(41)38-43-24)13-14-26(36-28)40-20-15-27(37-40)42-21-19-31(17-18-31)32(33,34)35;1-2/h6,13-15,20,22H,1,3,7-12,16-19,21H2,2,4-5H3,(H,38,41);1-2H3/b24-22+;. The van der Waals surface area contributed by atoms with Gasteiger partial charge in [-0.2, -0.15) is 13.2 Å². The molecule has 7 nitrogen and oxygen atoms in total. The summed E-state index contributed by atoms with van der Waals surface area (Å²) in [6.45, 7) is 19.0. The lowest BCUT2D eigenvalue weighted by atomic mass is 9.93. The molecule has 11 heteroatoms. The quantitative estimate of drug-likeness (QED) is 0.302. The van der Waals surface area contributed by atoms with Crippen LogP contribution >= 0.6 is 11.9 Å². The number of carbonyl (C=O) groups is 1. The van der Waals surface area contributed by atoms with Gasteiger partial charge in [-0.3, -0.25) is 9.52 Å². The second-order valence-electron chi connectivity index (χ2n) is 11.9. The third kappa shape index (κ3) is 9.40. The molecule has 1 aliphatic carbocycles. The van der Waals surface area contributed by atoms with Crippen LogP contribution in [0.2, 0.25) is 0 Å². The summed E-state index contributed by atoms with van der Waals surface area (Å²) in [5.41, 5.74) is -0.482. The summed E-state index contributed by atoms with van der Waals surface area (Å²) in [6, 6.07) is 5.04. The van der Waals surface area contributed by atoms with Gasteiger partial charge in [-0.25, -0.2) is 9.67 Å². The third-order valence-electron chi connectivity index (χ3n) is 8.34. The average molecular weight is 648 g/mol. The summed E-state index contributed by atoms with van der Waals surface area (Å²) in [7, 11) is 0. The molecule has 2 aromatic heterocycles. The van der Waals surface area contributed by atoms with Crippen molar-refractivity contribution in [3.63, 3.8) is 0 Å². The molecular weight excluding hydrogens is 599 g/mol. The van der Waals surface area contributed by atoms with Crippen molar-refractivity contribution in [2.45, 2.75) is 104 Å². The molecule has 2 aromatic rings. The molecule has 0 spiro atoms. The molecule has 0 radical (unpaired) electrons. The van der Waals surface area contributed by atoms with E-state index in [2.05, 4.69) is 41.7 Å². The zero-order valence-corrected chi connectivity index (χ0v) is 28.1. The van der Waals surface area contributed by atoms with E-state index in [0.29, 0.717) is 23.7 Å². The average Bonchev–Trinajstić information content (AvgIpc) is 3.67. The fraction of sp³-hybridized carbons (Fsp3) is 0.559. The highest BCUT2D eigenvalue weighted by Crippen LogP contribution is 2.59. The van der Waals surface area contributed by atoms with E-state index < -0.39 is 11.6 Å². The second-order valence-corrected chi connectivity index (χ2v) is 12.8. The van der Waals surface area contributed by atoms with Crippen molar-refractivity contribution in [1.82, 2.24) is 19.5 Å². The van der Waals surface area contributed by atoms with Crippen LogP contribution in [0.4, 0.5) is 19.0 Å². The van der Waals surface area contributed by atoms with E-state index in [-0.39, 0.29) is 43.2 Å². The van der Waals surface area contributed by atoms with E-state index >= 15 is 0 Å². The molecule has 0 atom stereocenters. The number of amides is 1. The predicted molar refractivity (Wildman–Crippen MR) is 178 cm³/mol. The summed E-state index contributed by atoms with van der Waals surface area (Å²) in [4.78, 5) is 21.4. The second kappa shape index (κ2) is 15.9. The highest BCUT2D eigenvalue weighted by atomic mass is 32.2. The van der Waals surface area contributed by atoms with E-state index in [9.17, 15) is 18.0 Å². The number of aromatic nitrogens is 3. The van der Waals surface area contributed by atoms with Crippen LogP contribution in [-0.4, -0.2) is 45.5 Å². The van der Waals surface area contributed by atoms with Crippen molar-refractivity contribution in [1.29, 1.82) is 0 Å². The van der Waals surface area contributed by atoms with Crippen LogP contribution in [0, 0.1) is 5.41 Å². The van der Waals surface area contributed by atoms with Gasteiger partial charge in [0.2, 0.25) is 5.88 Å². The molecule has 1 N–H and O–H groups in total. The SMILES string of the molecule is C=C/C1=C\C(=C)CCCCCCC(C)(C)N(CC)c2nc(-n3ccc(OCCC4(C(F)(F)F)CC4)n3)ccc2C(=O)NS1.CC. The third-order valence-corrected chi connectivity index (χ3v) is 9.15. The summed E-state index contributed by atoms with van der Waals surface area (Å²) in [5.74, 6) is 0.929. The first-order valence-corrected chi connectivity index (χ1v) is 16.7. The van der Waals surface area contributed by atoms with Gasteiger partial charge in [0.1, 0.15) is 5.82 Å². The van der Waals surface area contributed by atoms with Gasteiger partial charge in [0, 0.05) is 29.3 Å². The first-order chi connectivity index (χ1) is 21.4. The van der Waals surface area contributed by atoms with Crippen molar-refractivity contribution in [2.75, 3.05) is 18.1 Å². The fourth-order valence-corrected chi connectivity index (χ4v) is 6.09. The van der Waals surface area contributed by atoms with Crippen molar-refractivity contribution in [3.05, 3.63) is 65.7 Å². The number of carbonyl (C=O) groups excluding carboxylic acids is 1. The fourth-order valence-electron chi connectivity index (χ4n) is 5.46. The molecule has 3 heterocycles. The largest absolute Gasteiger partial charge is 0.477 e. The van der Waals surface area contributed by atoms with Crippen LogP contribution in [0.5, 0.6) is 5.88 Å². The maximum Gasteiger partial charge on any atom is 0.394 e. The smallest absolute Gasteiger partial charge is 0.394 e. The number of rotatable bonds is 7. The minimum Gasteiger partial charge on any atom is -0.477 e. The molecule has 1 fully saturated rings. The lowest BCUT2D eigenvalue weighted by Gasteiger charge is -2.40. The zero-order chi connectivity index (χ0) is 33.3. The minimum absolute atomic E-state index is 0.0712. The number of alkyl halides is 3. The Balaban J connectivity index is 0.00000271. The molecule has 1 aliphatic heterocycles. The van der Waals surface area contributed by atoms with E-state index in [1.54, 1.807) is 30.5 Å². The van der Waals surface area contributed by atoms with Crippen LogP contribution in [0.1, 0.15) is 103 Å². The van der Waals surface area contributed by atoms with Crippen LogP contribution < -0.4 is 14.4 Å².